The molecule has 1 aromatic carbocycles. The monoisotopic (exact) mass is 338 g/mol. The van der Waals surface area contributed by atoms with Gasteiger partial charge < -0.3 is 15.0 Å². The molecule has 0 radical (unpaired) electrons. The van der Waals surface area contributed by atoms with Crippen molar-refractivity contribution in [3.8, 4) is 5.75 Å². The molecular formula is C20H26N4O. The van der Waals surface area contributed by atoms with Crippen molar-refractivity contribution in [1.29, 1.82) is 0 Å². The van der Waals surface area contributed by atoms with Crippen molar-refractivity contribution in [2.45, 2.75) is 32.4 Å². The minimum atomic E-state index is 0.275. The summed E-state index contributed by atoms with van der Waals surface area (Å²) >= 11 is 0. The van der Waals surface area contributed by atoms with Gasteiger partial charge in [0, 0.05) is 38.7 Å². The summed E-state index contributed by atoms with van der Waals surface area (Å²) < 4.78 is 6.08. The fourth-order valence-electron chi connectivity index (χ4n) is 2.95. The van der Waals surface area contributed by atoms with Gasteiger partial charge in [-0.05, 0) is 31.2 Å². The van der Waals surface area contributed by atoms with Gasteiger partial charge in [-0.3, -0.25) is 4.98 Å². The molecular weight excluding hydrogens is 312 g/mol. The maximum atomic E-state index is 6.08. The lowest BCUT2D eigenvalue weighted by Gasteiger charge is -2.34. The number of rotatable bonds is 5. The standard InChI is InChI=1S/C20H26N4O/c1-2-21-20(23-16-17-8-6-7-13-22-17)24-14-11-19(12-15-24)25-18-9-4-3-5-10-18/h3-10,13,19H,2,11-12,14-16H2,1H3,(H,21,23). The number of aliphatic imine (C=N–C) groups is 1. The molecule has 3 rings (SSSR count). The molecule has 1 saturated heterocycles. The average Bonchev–Trinajstić information content (AvgIpc) is 2.67. The number of nitrogens with zero attached hydrogens (tertiary/aromatic N) is 3. The predicted molar refractivity (Wildman–Crippen MR) is 101 cm³/mol. The van der Waals surface area contributed by atoms with Gasteiger partial charge in [-0.15, -0.1) is 0 Å². The van der Waals surface area contributed by atoms with Gasteiger partial charge >= 0.3 is 0 Å². The van der Waals surface area contributed by atoms with E-state index in [1.807, 2.05) is 54.7 Å². The van der Waals surface area contributed by atoms with Crippen LogP contribution < -0.4 is 10.1 Å². The van der Waals surface area contributed by atoms with E-state index in [2.05, 4.69) is 22.1 Å². The van der Waals surface area contributed by atoms with Crippen LogP contribution in [0.2, 0.25) is 0 Å². The first-order chi connectivity index (χ1) is 12.3. The number of guanidine groups is 1. The summed E-state index contributed by atoms with van der Waals surface area (Å²) in [7, 11) is 0. The molecule has 25 heavy (non-hydrogen) atoms. The minimum absolute atomic E-state index is 0.275. The van der Waals surface area contributed by atoms with E-state index in [9.17, 15) is 0 Å². The Morgan fingerprint density at radius 3 is 2.60 bits per heavy atom. The van der Waals surface area contributed by atoms with E-state index < -0.39 is 0 Å². The molecule has 0 amide bonds. The number of aromatic nitrogens is 1. The summed E-state index contributed by atoms with van der Waals surface area (Å²) in [5.74, 6) is 1.92. The van der Waals surface area contributed by atoms with Crippen LogP contribution in [0.3, 0.4) is 0 Å². The Morgan fingerprint density at radius 1 is 1.16 bits per heavy atom. The van der Waals surface area contributed by atoms with E-state index >= 15 is 0 Å². The normalized spacial score (nSPS) is 15.9. The maximum absolute atomic E-state index is 6.08. The number of ether oxygens (including phenoxy) is 1. The van der Waals surface area contributed by atoms with Gasteiger partial charge in [-0.25, -0.2) is 4.99 Å². The summed E-state index contributed by atoms with van der Waals surface area (Å²) in [6.45, 7) is 5.46. The zero-order valence-electron chi connectivity index (χ0n) is 14.8. The highest BCUT2D eigenvalue weighted by Crippen LogP contribution is 2.18. The molecule has 5 heteroatoms. The van der Waals surface area contributed by atoms with Crippen LogP contribution in [0.1, 0.15) is 25.5 Å². The number of likely N-dealkylation sites (tertiary alicyclic amines) is 1. The van der Waals surface area contributed by atoms with Gasteiger partial charge in [0.25, 0.3) is 0 Å². The predicted octanol–water partition coefficient (Wildman–Crippen LogP) is 3.09. The molecule has 1 aromatic heterocycles. The van der Waals surface area contributed by atoms with E-state index in [4.69, 9.17) is 9.73 Å². The quantitative estimate of drug-likeness (QED) is 0.672. The van der Waals surface area contributed by atoms with Gasteiger partial charge in [0.05, 0.1) is 12.2 Å². The van der Waals surface area contributed by atoms with Crippen molar-refractivity contribution < 1.29 is 4.74 Å². The first-order valence-electron chi connectivity index (χ1n) is 9.00. The van der Waals surface area contributed by atoms with Crippen LogP contribution in [0.25, 0.3) is 0 Å². The molecule has 0 atom stereocenters. The first kappa shape index (κ1) is 17.3. The molecule has 1 N–H and O–H groups in total. The average molecular weight is 338 g/mol. The second-order valence-electron chi connectivity index (χ2n) is 6.11. The van der Waals surface area contributed by atoms with Crippen molar-refractivity contribution in [2.24, 2.45) is 4.99 Å². The van der Waals surface area contributed by atoms with Gasteiger partial charge in [-0.1, -0.05) is 24.3 Å². The largest absolute Gasteiger partial charge is 0.490 e. The highest BCUT2D eigenvalue weighted by Gasteiger charge is 2.22. The van der Waals surface area contributed by atoms with E-state index in [1.54, 1.807) is 0 Å². The minimum Gasteiger partial charge on any atom is -0.490 e. The molecule has 5 nitrogen and oxygen atoms in total. The van der Waals surface area contributed by atoms with Crippen LogP contribution in [0.4, 0.5) is 0 Å². The van der Waals surface area contributed by atoms with Crippen LogP contribution in [-0.2, 0) is 6.54 Å². The Bertz CT molecular complexity index is 652. The molecule has 0 spiro atoms. The summed E-state index contributed by atoms with van der Waals surface area (Å²) in [4.78, 5) is 11.4. The maximum Gasteiger partial charge on any atom is 0.194 e. The molecule has 1 aliphatic heterocycles. The highest BCUT2D eigenvalue weighted by atomic mass is 16.5. The first-order valence-corrected chi connectivity index (χ1v) is 9.00. The van der Waals surface area contributed by atoms with Crippen molar-refractivity contribution in [3.63, 3.8) is 0 Å². The second kappa shape index (κ2) is 9.06. The Labute approximate surface area is 149 Å². The third kappa shape index (κ3) is 5.21. The lowest BCUT2D eigenvalue weighted by molar-refractivity contribution is 0.129. The number of pyridine rings is 1. The zero-order chi connectivity index (χ0) is 17.3. The number of hydrogen-bond acceptors (Lipinski definition) is 3. The van der Waals surface area contributed by atoms with Crippen LogP contribution in [0.5, 0.6) is 5.75 Å². The second-order valence-corrected chi connectivity index (χ2v) is 6.11. The molecule has 0 aliphatic carbocycles. The molecule has 1 fully saturated rings. The van der Waals surface area contributed by atoms with Gasteiger partial charge in [0.2, 0.25) is 0 Å². The van der Waals surface area contributed by atoms with Crippen molar-refractivity contribution in [2.75, 3.05) is 19.6 Å². The van der Waals surface area contributed by atoms with Crippen LogP contribution >= 0.6 is 0 Å². The van der Waals surface area contributed by atoms with E-state index in [-0.39, 0.29) is 6.10 Å². The lowest BCUT2D eigenvalue weighted by Crippen LogP contribution is -2.47. The van der Waals surface area contributed by atoms with E-state index in [0.717, 1.165) is 49.9 Å². The Morgan fingerprint density at radius 2 is 1.92 bits per heavy atom. The van der Waals surface area contributed by atoms with Crippen molar-refractivity contribution in [1.82, 2.24) is 15.2 Å². The topological polar surface area (TPSA) is 49.8 Å². The smallest absolute Gasteiger partial charge is 0.194 e. The van der Waals surface area contributed by atoms with Crippen LogP contribution in [0, 0.1) is 0 Å². The number of benzene rings is 1. The third-order valence-electron chi connectivity index (χ3n) is 4.24. The van der Waals surface area contributed by atoms with E-state index in [0.29, 0.717) is 6.54 Å². The molecule has 1 aliphatic rings. The molecule has 0 saturated carbocycles. The van der Waals surface area contributed by atoms with Gasteiger partial charge in [0.15, 0.2) is 5.96 Å². The Kier molecular flexibility index (Phi) is 6.26. The molecule has 2 aromatic rings. The van der Waals surface area contributed by atoms with Crippen molar-refractivity contribution in [3.05, 3.63) is 60.4 Å². The Balaban J connectivity index is 1.55. The molecule has 132 valence electrons. The van der Waals surface area contributed by atoms with Crippen LogP contribution in [-0.4, -0.2) is 41.6 Å². The zero-order valence-corrected chi connectivity index (χ0v) is 14.8. The number of para-hydroxylation sites is 1. The number of hydrogen-bond donors (Lipinski definition) is 1. The lowest BCUT2D eigenvalue weighted by atomic mass is 10.1. The fourth-order valence-corrected chi connectivity index (χ4v) is 2.95. The molecule has 0 unspecified atom stereocenters. The summed E-state index contributed by atoms with van der Waals surface area (Å²) in [5, 5.41) is 3.39. The van der Waals surface area contributed by atoms with Crippen molar-refractivity contribution >= 4 is 5.96 Å². The van der Waals surface area contributed by atoms with Crippen LogP contribution in [0.15, 0.2) is 59.7 Å². The number of piperidine rings is 1. The fraction of sp³-hybridized carbons (Fsp3) is 0.400. The third-order valence-corrected chi connectivity index (χ3v) is 4.24. The van der Waals surface area contributed by atoms with Gasteiger partial charge in [-0.2, -0.15) is 0 Å². The highest BCUT2D eigenvalue weighted by molar-refractivity contribution is 5.80. The number of nitrogens with one attached hydrogen (secondary N) is 1. The van der Waals surface area contributed by atoms with Gasteiger partial charge in [0.1, 0.15) is 11.9 Å². The SMILES string of the molecule is CCNC(=NCc1ccccn1)N1CCC(Oc2ccccc2)CC1. The summed E-state index contributed by atoms with van der Waals surface area (Å²) in [5.41, 5.74) is 0.986. The molecule has 0 bridgehead atoms. The summed E-state index contributed by atoms with van der Waals surface area (Å²) in [6, 6.07) is 16.0. The molecule has 2 heterocycles. The Hall–Kier alpha value is -2.56. The summed E-state index contributed by atoms with van der Waals surface area (Å²) in [6.07, 6.45) is 4.09. The van der Waals surface area contributed by atoms with E-state index in [1.165, 1.54) is 0 Å².